The number of anilines is 1. The van der Waals surface area contributed by atoms with Crippen molar-refractivity contribution >= 4 is 39.7 Å². The predicted molar refractivity (Wildman–Crippen MR) is 86.8 cm³/mol. The van der Waals surface area contributed by atoms with Gasteiger partial charge in [0.15, 0.2) is 5.82 Å². The molecule has 3 nitrogen and oxygen atoms in total. The molecule has 0 aliphatic rings. The van der Waals surface area contributed by atoms with E-state index in [0.717, 1.165) is 32.5 Å². The lowest BCUT2D eigenvalue weighted by Crippen LogP contribution is -2.02. The molecular weight excluding hydrogens is 290 g/mol. The predicted octanol–water partition coefficient (Wildman–Crippen LogP) is 4.75. The summed E-state index contributed by atoms with van der Waals surface area (Å²) in [5.41, 5.74) is 2.15. The van der Waals surface area contributed by atoms with Gasteiger partial charge in [-0.05, 0) is 38.1 Å². The van der Waals surface area contributed by atoms with Gasteiger partial charge in [0.2, 0.25) is 0 Å². The highest BCUT2D eigenvalue weighted by Crippen LogP contribution is 2.31. The van der Waals surface area contributed by atoms with E-state index >= 15 is 0 Å². The number of halogens is 1. The molecular formula is C15H14ClN3S. The van der Waals surface area contributed by atoms with Crippen molar-refractivity contribution in [1.29, 1.82) is 0 Å². The van der Waals surface area contributed by atoms with Gasteiger partial charge in [0.25, 0.3) is 0 Å². The normalized spacial score (nSPS) is 10.9. The van der Waals surface area contributed by atoms with Gasteiger partial charge < -0.3 is 5.32 Å². The van der Waals surface area contributed by atoms with Crippen molar-refractivity contribution in [3.8, 4) is 10.7 Å². The van der Waals surface area contributed by atoms with Gasteiger partial charge in [0, 0.05) is 11.9 Å². The molecule has 2 aromatic heterocycles. The van der Waals surface area contributed by atoms with E-state index in [-0.39, 0.29) is 0 Å². The first-order chi connectivity index (χ1) is 9.67. The monoisotopic (exact) mass is 303 g/mol. The van der Waals surface area contributed by atoms with Crippen molar-refractivity contribution in [3.05, 3.63) is 40.2 Å². The first kappa shape index (κ1) is 13.3. The van der Waals surface area contributed by atoms with E-state index in [2.05, 4.69) is 41.3 Å². The van der Waals surface area contributed by atoms with Crippen LogP contribution in [0, 0.1) is 6.92 Å². The Morgan fingerprint density at radius 3 is 2.75 bits per heavy atom. The second kappa shape index (κ2) is 5.38. The first-order valence-corrected chi connectivity index (χ1v) is 7.65. The summed E-state index contributed by atoms with van der Waals surface area (Å²) in [6, 6.07) is 10.0. The molecule has 102 valence electrons. The summed E-state index contributed by atoms with van der Waals surface area (Å²) < 4.78 is 0.748. The summed E-state index contributed by atoms with van der Waals surface area (Å²) in [5, 5.41) is 4.37. The average Bonchev–Trinajstić information content (AvgIpc) is 2.86. The molecule has 0 fully saturated rings. The van der Waals surface area contributed by atoms with Crippen LogP contribution in [0.15, 0.2) is 30.3 Å². The van der Waals surface area contributed by atoms with Crippen LogP contribution in [0.25, 0.3) is 21.6 Å². The largest absolute Gasteiger partial charge is 0.370 e. The van der Waals surface area contributed by atoms with Crippen molar-refractivity contribution in [3.63, 3.8) is 0 Å². The zero-order valence-corrected chi connectivity index (χ0v) is 12.8. The van der Waals surface area contributed by atoms with E-state index in [4.69, 9.17) is 11.6 Å². The number of nitrogens with one attached hydrogen (secondary N) is 1. The van der Waals surface area contributed by atoms with E-state index in [1.54, 1.807) is 0 Å². The van der Waals surface area contributed by atoms with Crippen LogP contribution in [0.2, 0.25) is 4.34 Å². The van der Waals surface area contributed by atoms with E-state index in [1.807, 2.05) is 18.2 Å². The van der Waals surface area contributed by atoms with Crippen LogP contribution in [0.4, 0.5) is 5.82 Å². The summed E-state index contributed by atoms with van der Waals surface area (Å²) in [7, 11) is 0. The van der Waals surface area contributed by atoms with Gasteiger partial charge in [0.05, 0.1) is 14.7 Å². The Morgan fingerprint density at radius 1 is 1.20 bits per heavy atom. The molecule has 3 aromatic rings. The molecule has 20 heavy (non-hydrogen) atoms. The number of hydrogen-bond donors (Lipinski definition) is 1. The quantitative estimate of drug-likeness (QED) is 0.758. The molecule has 0 unspecified atom stereocenters. The molecule has 0 bridgehead atoms. The zero-order valence-electron chi connectivity index (χ0n) is 11.3. The van der Waals surface area contributed by atoms with Gasteiger partial charge in [-0.3, -0.25) is 0 Å². The highest BCUT2D eigenvalue weighted by molar-refractivity contribution is 7.19. The van der Waals surface area contributed by atoms with Crippen molar-refractivity contribution in [1.82, 2.24) is 9.97 Å². The lowest BCUT2D eigenvalue weighted by atomic mass is 10.1. The fourth-order valence-corrected chi connectivity index (χ4v) is 3.07. The number of aromatic nitrogens is 2. The van der Waals surface area contributed by atoms with Crippen molar-refractivity contribution < 1.29 is 0 Å². The van der Waals surface area contributed by atoms with E-state index in [1.165, 1.54) is 16.9 Å². The minimum absolute atomic E-state index is 0.717. The van der Waals surface area contributed by atoms with Gasteiger partial charge in [-0.2, -0.15) is 0 Å². The van der Waals surface area contributed by atoms with Crippen LogP contribution in [-0.4, -0.2) is 16.5 Å². The summed E-state index contributed by atoms with van der Waals surface area (Å²) in [6.07, 6.45) is 0. The molecule has 0 aliphatic heterocycles. The number of rotatable bonds is 3. The van der Waals surface area contributed by atoms with Crippen LogP contribution in [0.1, 0.15) is 12.5 Å². The number of thiophene rings is 1. The topological polar surface area (TPSA) is 37.8 Å². The van der Waals surface area contributed by atoms with Crippen molar-refractivity contribution in [2.24, 2.45) is 0 Å². The molecule has 5 heteroatoms. The Bertz CT molecular complexity index is 767. The highest BCUT2D eigenvalue weighted by Gasteiger charge is 2.10. The molecule has 0 spiro atoms. The molecule has 0 aliphatic carbocycles. The van der Waals surface area contributed by atoms with Gasteiger partial charge >= 0.3 is 0 Å². The summed E-state index contributed by atoms with van der Waals surface area (Å²) in [5.74, 6) is 1.59. The fourth-order valence-electron chi connectivity index (χ4n) is 2.09. The summed E-state index contributed by atoms with van der Waals surface area (Å²) in [6.45, 7) is 4.96. The number of nitrogens with zero attached hydrogens (tertiary/aromatic N) is 2. The Morgan fingerprint density at radius 2 is 2.05 bits per heavy atom. The average molecular weight is 304 g/mol. The van der Waals surface area contributed by atoms with Crippen molar-refractivity contribution in [2.75, 3.05) is 11.9 Å². The van der Waals surface area contributed by atoms with E-state index in [0.29, 0.717) is 5.82 Å². The van der Waals surface area contributed by atoms with Crippen LogP contribution in [-0.2, 0) is 0 Å². The Balaban J connectivity index is 2.22. The third-order valence-electron chi connectivity index (χ3n) is 2.99. The van der Waals surface area contributed by atoms with Crippen molar-refractivity contribution in [2.45, 2.75) is 13.8 Å². The third kappa shape index (κ3) is 2.49. The molecule has 0 atom stereocenters. The standard InChI is InChI=1S/C15H14ClN3S/c1-3-17-14-10-8-9(2)4-5-11(10)18-15(19-14)12-6-7-13(16)20-12/h4-8H,3H2,1-2H3,(H,17,18,19). The summed E-state index contributed by atoms with van der Waals surface area (Å²) in [4.78, 5) is 10.3. The van der Waals surface area contributed by atoms with Crippen LogP contribution >= 0.6 is 22.9 Å². The minimum atomic E-state index is 0.717. The molecule has 1 aromatic carbocycles. The number of aryl methyl sites for hydroxylation is 1. The second-order valence-corrected chi connectivity index (χ2v) is 6.27. The maximum Gasteiger partial charge on any atom is 0.172 e. The van der Waals surface area contributed by atoms with E-state index < -0.39 is 0 Å². The maximum atomic E-state index is 6.00. The maximum absolute atomic E-state index is 6.00. The number of hydrogen-bond acceptors (Lipinski definition) is 4. The third-order valence-corrected chi connectivity index (χ3v) is 4.22. The minimum Gasteiger partial charge on any atom is -0.370 e. The summed E-state index contributed by atoms with van der Waals surface area (Å²) >= 11 is 7.49. The van der Waals surface area contributed by atoms with Crippen LogP contribution in [0.5, 0.6) is 0 Å². The number of fused-ring (bicyclic) bond motifs is 1. The van der Waals surface area contributed by atoms with Crippen LogP contribution in [0.3, 0.4) is 0 Å². The van der Waals surface area contributed by atoms with Crippen LogP contribution < -0.4 is 5.32 Å². The molecule has 0 amide bonds. The first-order valence-electron chi connectivity index (χ1n) is 6.45. The van der Waals surface area contributed by atoms with Gasteiger partial charge in [-0.25, -0.2) is 9.97 Å². The molecule has 3 rings (SSSR count). The fraction of sp³-hybridized carbons (Fsp3) is 0.200. The van der Waals surface area contributed by atoms with Gasteiger partial charge in [-0.1, -0.05) is 23.2 Å². The van der Waals surface area contributed by atoms with Gasteiger partial charge in [0.1, 0.15) is 5.82 Å². The molecule has 2 heterocycles. The molecule has 0 radical (unpaired) electrons. The smallest absolute Gasteiger partial charge is 0.172 e. The zero-order chi connectivity index (χ0) is 14.1. The lowest BCUT2D eigenvalue weighted by molar-refractivity contribution is 1.15. The highest BCUT2D eigenvalue weighted by atomic mass is 35.5. The molecule has 1 N–H and O–H groups in total. The Kier molecular flexibility index (Phi) is 3.59. The lowest BCUT2D eigenvalue weighted by Gasteiger charge is -2.09. The van der Waals surface area contributed by atoms with Gasteiger partial charge in [-0.15, -0.1) is 11.3 Å². The number of benzene rings is 1. The second-order valence-electron chi connectivity index (χ2n) is 4.55. The SMILES string of the molecule is CCNc1nc(-c2ccc(Cl)s2)nc2ccc(C)cc12. The Labute approximate surface area is 126 Å². The molecule has 0 saturated carbocycles. The van der Waals surface area contributed by atoms with E-state index in [9.17, 15) is 0 Å². The Hall–Kier alpha value is -1.65. The molecule has 0 saturated heterocycles.